The minimum Gasteiger partial charge on any atom is -0.352 e. The van der Waals surface area contributed by atoms with Crippen molar-refractivity contribution in [2.24, 2.45) is 11.8 Å². The Morgan fingerprint density at radius 1 is 1.38 bits per heavy atom. The quantitative estimate of drug-likeness (QED) is 0.868. The molecule has 0 spiro atoms. The normalized spacial score (nSPS) is 18.3. The largest absolute Gasteiger partial charge is 0.352 e. The summed E-state index contributed by atoms with van der Waals surface area (Å²) in [6.07, 6.45) is 1.11. The number of pyridine rings is 1. The zero-order chi connectivity index (χ0) is 17.9. The van der Waals surface area contributed by atoms with E-state index in [9.17, 15) is 9.59 Å². The first-order chi connectivity index (χ1) is 11.3. The second kappa shape index (κ2) is 7.97. The molecule has 1 aromatic rings. The number of rotatable bonds is 6. The van der Waals surface area contributed by atoms with Crippen molar-refractivity contribution in [1.82, 2.24) is 14.8 Å². The highest BCUT2D eigenvalue weighted by molar-refractivity contribution is 5.95. The molecule has 1 aliphatic rings. The molecule has 0 saturated carbocycles. The maximum Gasteiger partial charge on any atom is 0.263 e. The first-order valence-corrected chi connectivity index (χ1v) is 9.05. The van der Waals surface area contributed by atoms with Crippen LogP contribution >= 0.6 is 0 Å². The summed E-state index contributed by atoms with van der Waals surface area (Å²) >= 11 is 0. The number of nitrogens with one attached hydrogen (secondary N) is 1. The fourth-order valence-corrected chi connectivity index (χ4v) is 3.68. The van der Waals surface area contributed by atoms with E-state index in [-0.39, 0.29) is 11.5 Å². The molecule has 0 bridgehead atoms. The van der Waals surface area contributed by atoms with Gasteiger partial charge < -0.3 is 14.8 Å². The second-order valence-corrected chi connectivity index (χ2v) is 7.41. The van der Waals surface area contributed by atoms with Gasteiger partial charge in [-0.05, 0) is 57.2 Å². The molecule has 1 aliphatic heterocycles. The summed E-state index contributed by atoms with van der Waals surface area (Å²) < 4.78 is 1.65. The van der Waals surface area contributed by atoms with Crippen LogP contribution in [0, 0.1) is 25.7 Å². The number of likely N-dealkylation sites (tertiary alicyclic amines) is 1. The summed E-state index contributed by atoms with van der Waals surface area (Å²) in [4.78, 5) is 27.6. The van der Waals surface area contributed by atoms with Crippen LogP contribution in [0.25, 0.3) is 0 Å². The predicted octanol–water partition coefficient (Wildman–Crippen LogP) is 2.19. The smallest absolute Gasteiger partial charge is 0.263 e. The Bertz CT molecular complexity index is 649. The fourth-order valence-electron chi connectivity index (χ4n) is 3.68. The summed E-state index contributed by atoms with van der Waals surface area (Å²) in [5.74, 6) is 0.912. The third kappa shape index (κ3) is 4.26. The fraction of sp³-hybridized carbons (Fsp3) is 0.684. The highest BCUT2D eigenvalue weighted by Gasteiger charge is 2.24. The van der Waals surface area contributed by atoms with Crippen molar-refractivity contribution in [3.63, 3.8) is 0 Å². The predicted molar refractivity (Wildman–Crippen MR) is 97.6 cm³/mol. The highest BCUT2D eigenvalue weighted by atomic mass is 16.2. The van der Waals surface area contributed by atoms with E-state index >= 15 is 0 Å². The molecule has 1 atom stereocenters. The van der Waals surface area contributed by atoms with Crippen LogP contribution in [0.15, 0.2) is 10.9 Å². The van der Waals surface area contributed by atoms with Crippen molar-refractivity contribution in [1.29, 1.82) is 0 Å². The third-order valence-electron chi connectivity index (χ3n) is 4.79. The van der Waals surface area contributed by atoms with Crippen molar-refractivity contribution in [3.05, 3.63) is 33.2 Å². The highest BCUT2D eigenvalue weighted by Crippen LogP contribution is 2.17. The second-order valence-electron chi connectivity index (χ2n) is 7.41. The molecule has 1 aromatic heterocycles. The Kier molecular flexibility index (Phi) is 6.21. The van der Waals surface area contributed by atoms with Gasteiger partial charge in [-0.3, -0.25) is 9.59 Å². The number of hydrogen-bond donors (Lipinski definition) is 1. The van der Waals surface area contributed by atoms with Crippen LogP contribution in [0.3, 0.4) is 0 Å². The van der Waals surface area contributed by atoms with Gasteiger partial charge in [0.2, 0.25) is 0 Å². The summed E-state index contributed by atoms with van der Waals surface area (Å²) in [5, 5.41) is 2.99. The molecule has 1 amide bonds. The van der Waals surface area contributed by atoms with Crippen LogP contribution in [-0.2, 0) is 6.54 Å². The molecule has 5 nitrogen and oxygen atoms in total. The zero-order valence-electron chi connectivity index (χ0n) is 15.7. The van der Waals surface area contributed by atoms with Gasteiger partial charge >= 0.3 is 0 Å². The third-order valence-corrected chi connectivity index (χ3v) is 4.79. The average Bonchev–Trinajstić information content (AvgIpc) is 2.91. The molecule has 2 rings (SSSR count). The lowest BCUT2D eigenvalue weighted by Gasteiger charge is -2.18. The maximum absolute atomic E-state index is 12.5. The van der Waals surface area contributed by atoms with Crippen LogP contribution in [0.2, 0.25) is 0 Å². The summed E-state index contributed by atoms with van der Waals surface area (Å²) in [7, 11) is 0. The van der Waals surface area contributed by atoms with Gasteiger partial charge in [-0.15, -0.1) is 0 Å². The van der Waals surface area contributed by atoms with Crippen molar-refractivity contribution < 1.29 is 4.79 Å². The Labute approximate surface area is 145 Å². The van der Waals surface area contributed by atoms with E-state index in [0.717, 1.165) is 37.3 Å². The number of aryl methyl sites for hydroxylation is 2. The van der Waals surface area contributed by atoms with Gasteiger partial charge in [0.15, 0.2) is 0 Å². The molecule has 0 radical (unpaired) electrons. The van der Waals surface area contributed by atoms with Gasteiger partial charge in [-0.1, -0.05) is 13.8 Å². The van der Waals surface area contributed by atoms with E-state index in [1.165, 1.54) is 0 Å². The van der Waals surface area contributed by atoms with E-state index in [1.807, 2.05) is 26.8 Å². The van der Waals surface area contributed by atoms with Crippen LogP contribution in [0.4, 0.5) is 0 Å². The number of hydrogen-bond acceptors (Lipinski definition) is 3. The molecule has 24 heavy (non-hydrogen) atoms. The Balaban J connectivity index is 2.00. The van der Waals surface area contributed by atoms with Crippen molar-refractivity contribution in [3.8, 4) is 0 Å². The molecule has 1 N–H and O–H groups in total. The molecule has 2 heterocycles. The van der Waals surface area contributed by atoms with E-state index in [0.29, 0.717) is 30.5 Å². The van der Waals surface area contributed by atoms with Crippen LogP contribution < -0.4 is 10.9 Å². The summed E-state index contributed by atoms with van der Waals surface area (Å²) in [5.41, 5.74) is 1.77. The molecule has 1 fully saturated rings. The number of nitrogens with zero attached hydrogens (tertiary/aromatic N) is 2. The van der Waals surface area contributed by atoms with Gasteiger partial charge in [-0.2, -0.15) is 0 Å². The Hall–Kier alpha value is -1.62. The summed E-state index contributed by atoms with van der Waals surface area (Å²) in [6, 6.07) is 1.92. The number of aromatic nitrogens is 1. The lowest BCUT2D eigenvalue weighted by molar-refractivity contribution is 0.0944. The van der Waals surface area contributed by atoms with Gasteiger partial charge in [0.05, 0.1) is 0 Å². The van der Waals surface area contributed by atoms with Crippen molar-refractivity contribution >= 4 is 5.91 Å². The minimum absolute atomic E-state index is 0.180. The molecular weight excluding hydrogens is 302 g/mol. The first kappa shape index (κ1) is 18.7. The van der Waals surface area contributed by atoms with Crippen LogP contribution in [0.5, 0.6) is 0 Å². The van der Waals surface area contributed by atoms with E-state index in [4.69, 9.17) is 0 Å². The van der Waals surface area contributed by atoms with Crippen LogP contribution in [-0.4, -0.2) is 41.6 Å². The molecule has 5 heteroatoms. The Morgan fingerprint density at radius 3 is 2.71 bits per heavy atom. The topological polar surface area (TPSA) is 54.3 Å². The number of carbonyl (C=O) groups is 1. The van der Waals surface area contributed by atoms with Crippen LogP contribution in [0.1, 0.15) is 48.8 Å². The van der Waals surface area contributed by atoms with Gasteiger partial charge in [0.25, 0.3) is 11.5 Å². The van der Waals surface area contributed by atoms with Crippen molar-refractivity contribution in [2.75, 3.05) is 26.2 Å². The number of amides is 1. The lowest BCUT2D eigenvalue weighted by Crippen LogP contribution is -2.37. The molecule has 0 unspecified atom stereocenters. The van der Waals surface area contributed by atoms with Gasteiger partial charge in [0, 0.05) is 31.9 Å². The monoisotopic (exact) mass is 333 g/mol. The standard InChI is InChI=1S/C19H31N3O2/c1-6-22-15(5)9-14(4)17(19(22)24)18(23)20-10-16-7-8-21(12-16)11-13(2)3/h9,13,16H,6-8,10-12H2,1-5H3,(H,20,23)/t16-/m0/s1. The first-order valence-electron chi connectivity index (χ1n) is 9.05. The van der Waals surface area contributed by atoms with E-state index in [2.05, 4.69) is 24.1 Å². The molecule has 1 saturated heterocycles. The lowest BCUT2D eigenvalue weighted by atomic mass is 10.1. The summed E-state index contributed by atoms with van der Waals surface area (Å²) in [6.45, 7) is 14.6. The molecular formula is C19H31N3O2. The zero-order valence-corrected chi connectivity index (χ0v) is 15.7. The Morgan fingerprint density at radius 2 is 2.08 bits per heavy atom. The van der Waals surface area contributed by atoms with Gasteiger partial charge in [0.1, 0.15) is 5.56 Å². The molecule has 0 aliphatic carbocycles. The van der Waals surface area contributed by atoms with E-state index in [1.54, 1.807) is 4.57 Å². The van der Waals surface area contributed by atoms with Gasteiger partial charge in [-0.25, -0.2) is 0 Å². The SMILES string of the molecule is CCn1c(C)cc(C)c(C(=O)NC[C@@H]2CCN(CC(C)C)C2)c1=O. The molecule has 0 aromatic carbocycles. The van der Waals surface area contributed by atoms with E-state index < -0.39 is 0 Å². The molecule has 134 valence electrons. The number of carbonyl (C=O) groups excluding carboxylic acids is 1. The average molecular weight is 333 g/mol. The minimum atomic E-state index is -0.234. The maximum atomic E-state index is 12.5. The van der Waals surface area contributed by atoms with Crippen molar-refractivity contribution in [2.45, 2.75) is 47.6 Å².